The lowest BCUT2D eigenvalue weighted by Crippen LogP contribution is -2.53. The van der Waals surface area contributed by atoms with Crippen LogP contribution in [-0.2, 0) is 36.1 Å². The van der Waals surface area contributed by atoms with E-state index in [2.05, 4.69) is 33.9 Å². The molecule has 35 heavy (non-hydrogen) atoms. The van der Waals surface area contributed by atoms with Crippen molar-refractivity contribution in [2.75, 3.05) is 13.2 Å². The molecule has 1 spiro atoms. The fourth-order valence-corrected chi connectivity index (χ4v) is 7.22. The van der Waals surface area contributed by atoms with Crippen LogP contribution in [0.1, 0.15) is 32.8 Å². The average molecular weight is 514 g/mol. The van der Waals surface area contributed by atoms with Crippen LogP contribution < -0.4 is 0 Å². The Morgan fingerprint density at radius 2 is 1.66 bits per heavy atom. The molecule has 6 nitrogen and oxygen atoms in total. The van der Waals surface area contributed by atoms with Crippen molar-refractivity contribution in [3.05, 3.63) is 66.2 Å². The van der Waals surface area contributed by atoms with Crippen LogP contribution >= 0.6 is 0 Å². The van der Waals surface area contributed by atoms with Crippen molar-refractivity contribution in [3.8, 4) is 0 Å². The Morgan fingerprint density at radius 3 is 2.26 bits per heavy atom. The molecule has 2 aliphatic rings. The molecule has 4 atom stereocenters. The van der Waals surface area contributed by atoms with Gasteiger partial charge in [-0.25, -0.2) is 0 Å². The van der Waals surface area contributed by atoms with Gasteiger partial charge in [0.1, 0.15) is 0 Å². The zero-order valence-corrected chi connectivity index (χ0v) is 23.0. The van der Waals surface area contributed by atoms with Crippen molar-refractivity contribution in [2.45, 2.75) is 73.7 Å². The van der Waals surface area contributed by atoms with Crippen LogP contribution in [0.2, 0.25) is 18.1 Å². The lowest BCUT2D eigenvalue weighted by Gasteiger charge is -2.37. The lowest BCUT2D eigenvalue weighted by molar-refractivity contribution is -0.154. The number of hydrogen-bond donors (Lipinski definition) is 0. The summed E-state index contributed by atoms with van der Waals surface area (Å²) in [5.74, 6) is -0.710. The number of benzene rings is 2. The molecule has 0 aromatic heterocycles. The lowest BCUT2D eigenvalue weighted by atomic mass is 9.96. The van der Waals surface area contributed by atoms with E-state index < -0.39 is 42.0 Å². The number of carbonyl (C=O) groups is 2. The largest absolute Gasteiger partial charge is 0.414 e. The molecule has 0 bridgehead atoms. The Kier molecular flexibility index (Phi) is 7.21. The Balaban J connectivity index is 1.63. The minimum absolute atomic E-state index is 0.0149. The van der Waals surface area contributed by atoms with Crippen LogP contribution in [0, 0.1) is 0 Å². The number of hydrogen-bond acceptors (Lipinski definition) is 5. The maximum atomic E-state index is 13.8. The highest BCUT2D eigenvalue weighted by Crippen LogP contribution is 2.43. The number of likely N-dealkylation sites (tertiary alicyclic amines) is 1. The van der Waals surface area contributed by atoms with E-state index >= 15 is 0 Å². The number of nitrogens with zero attached hydrogens (tertiary/aromatic N) is 1. The van der Waals surface area contributed by atoms with E-state index in [1.165, 1.54) is 4.90 Å². The highest BCUT2D eigenvalue weighted by atomic mass is 32.2. The molecular weight excluding hydrogens is 478 g/mol. The molecule has 0 N–H and O–H groups in total. The van der Waals surface area contributed by atoms with Gasteiger partial charge in [0.15, 0.2) is 14.1 Å². The number of amides is 1. The molecule has 1 amide bonds. The molecule has 2 aliphatic heterocycles. The molecule has 2 aromatic rings. The summed E-state index contributed by atoms with van der Waals surface area (Å²) in [6.07, 6.45) is -0.154. The number of Topliss-reactive ketones (excluding diaryl/α,β-unsaturated/α-hetero) is 1. The molecule has 3 unspecified atom stereocenters. The third-order valence-electron chi connectivity index (χ3n) is 7.52. The highest BCUT2D eigenvalue weighted by molar-refractivity contribution is 7.86. The molecule has 2 aromatic carbocycles. The standard InChI is InChI=1S/C27H35NO5SSi/c1-26(2,3)35(4,5)32-19-21-16-24(34(31)22-14-10-7-11-15-22)27(33-21)23(29)18-28(25(27)30)17-20-12-8-6-9-13-20/h6-15,21,24H,16-19H2,1-5H3/t21-,24?,27?,34?/m0/s1. The first-order valence-corrected chi connectivity index (χ1v) is 16.2. The van der Waals surface area contributed by atoms with Crippen LogP contribution in [0.15, 0.2) is 65.6 Å². The first kappa shape index (κ1) is 25.9. The van der Waals surface area contributed by atoms with Gasteiger partial charge in [-0.05, 0) is 42.2 Å². The van der Waals surface area contributed by atoms with E-state index in [1.807, 2.05) is 48.5 Å². The molecule has 0 radical (unpaired) electrons. The minimum atomic E-state index is -2.07. The van der Waals surface area contributed by atoms with Crippen molar-refractivity contribution in [1.82, 2.24) is 4.90 Å². The van der Waals surface area contributed by atoms with E-state index in [1.54, 1.807) is 12.1 Å². The van der Waals surface area contributed by atoms with Crippen LogP contribution in [0.25, 0.3) is 0 Å². The van der Waals surface area contributed by atoms with Crippen molar-refractivity contribution in [2.24, 2.45) is 0 Å². The number of carbonyl (C=O) groups excluding carboxylic acids is 2. The van der Waals surface area contributed by atoms with Gasteiger partial charge in [0, 0.05) is 11.4 Å². The molecule has 2 saturated heterocycles. The summed E-state index contributed by atoms with van der Waals surface area (Å²) >= 11 is 0. The zero-order valence-electron chi connectivity index (χ0n) is 21.2. The predicted molar refractivity (Wildman–Crippen MR) is 139 cm³/mol. The molecule has 0 saturated carbocycles. The van der Waals surface area contributed by atoms with Gasteiger partial charge >= 0.3 is 0 Å². The molecule has 2 heterocycles. The van der Waals surface area contributed by atoms with Gasteiger partial charge in [-0.1, -0.05) is 69.3 Å². The summed E-state index contributed by atoms with van der Waals surface area (Å²) in [4.78, 5) is 29.4. The second kappa shape index (κ2) is 9.73. The van der Waals surface area contributed by atoms with Gasteiger partial charge in [0.05, 0.1) is 35.3 Å². The van der Waals surface area contributed by atoms with Crippen LogP contribution in [-0.4, -0.2) is 59.2 Å². The van der Waals surface area contributed by atoms with Crippen LogP contribution in [0.3, 0.4) is 0 Å². The van der Waals surface area contributed by atoms with Gasteiger partial charge in [-0.15, -0.1) is 0 Å². The van der Waals surface area contributed by atoms with E-state index in [4.69, 9.17) is 9.16 Å². The Bertz CT molecular complexity index is 1100. The molecule has 0 aliphatic carbocycles. The minimum Gasteiger partial charge on any atom is -0.414 e. The van der Waals surface area contributed by atoms with E-state index in [-0.39, 0.29) is 24.0 Å². The second-order valence-electron chi connectivity index (χ2n) is 11.0. The Hall–Kier alpha value is -2.13. The topological polar surface area (TPSA) is 72.9 Å². The summed E-state index contributed by atoms with van der Waals surface area (Å²) < 4.78 is 26.5. The van der Waals surface area contributed by atoms with Crippen molar-refractivity contribution in [3.63, 3.8) is 0 Å². The Morgan fingerprint density at radius 1 is 1.06 bits per heavy atom. The molecule has 8 heteroatoms. The third-order valence-corrected chi connectivity index (χ3v) is 13.8. The molecule has 4 rings (SSSR count). The van der Waals surface area contributed by atoms with Crippen LogP contribution in [0.4, 0.5) is 0 Å². The quantitative estimate of drug-likeness (QED) is 0.407. The van der Waals surface area contributed by atoms with Gasteiger partial charge in [0.2, 0.25) is 5.60 Å². The van der Waals surface area contributed by atoms with E-state index in [0.717, 1.165) is 5.56 Å². The molecule has 188 valence electrons. The summed E-state index contributed by atoms with van der Waals surface area (Å²) in [6, 6.07) is 18.6. The fraction of sp³-hybridized carbons (Fsp3) is 0.481. The summed E-state index contributed by atoms with van der Waals surface area (Å²) in [5.41, 5.74) is -0.807. The van der Waals surface area contributed by atoms with E-state index in [0.29, 0.717) is 17.9 Å². The van der Waals surface area contributed by atoms with Crippen LogP contribution in [0.5, 0.6) is 0 Å². The third kappa shape index (κ3) is 4.94. The smallest absolute Gasteiger partial charge is 0.264 e. The van der Waals surface area contributed by atoms with Crippen molar-refractivity contribution >= 4 is 30.8 Å². The maximum absolute atomic E-state index is 13.8. The average Bonchev–Trinajstić information content (AvgIpc) is 3.32. The SMILES string of the molecule is CC(C)(C)[Si](C)(C)OC[C@@H]1CC(S(=O)c2ccccc2)C2(O1)C(=O)CN(Cc1ccccc1)C2=O. The van der Waals surface area contributed by atoms with Gasteiger partial charge < -0.3 is 14.1 Å². The van der Waals surface area contributed by atoms with Gasteiger partial charge in [0.25, 0.3) is 5.91 Å². The Labute approximate surface area is 211 Å². The van der Waals surface area contributed by atoms with Gasteiger partial charge in [-0.2, -0.15) is 0 Å². The zero-order chi connectivity index (χ0) is 25.4. The maximum Gasteiger partial charge on any atom is 0.264 e. The normalized spacial score (nSPS) is 26.0. The second-order valence-corrected chi connectivity index (χ2v) is 17.4. The van der Waals surface area contributed by atoms with Gasteiger partial charge in [-0.3, -0.25) is 13.8 Å². The van der Waals surface area contributed by atoms with E-state index in [9.17, 15) is 13.8 Å². The summed E-state index contributed by atoms with van der Waals surface area (Å²) in [7, 11) is -3.66. The summed E-state index contributed by atoms with van der Waals surface area (Å²) in [5, 5.41) is -0.750. The van der Waals surface area contributed by atoms with Crippen molar-refractivity contribution in [1.29, 1.82) is 0 Å². The first-order valence-electron chi connectivity index (χ1n) is 12.1. The number of ether oxygens (including phenoxy) is 1. The molecular formula is C27H35NO5SSi. The van der Waals surface area contributed by atoms with Crippen molar-refractivity contribution < 1.29 is 23.0 Å². The fourth-order valence-electron chi connectivity index (χ4n) is 4.45. The number of rotatable bonds is 7. The highest BCUT2D eigenvalue weighted by Gasteiger charge is 2.66. The predicted octanol–water partition coefficient (Wildman–Crippen LogP) is 4.32. The molecule has 2 fully saturated rings. The first-order chi connectivity index (χ1) is 16.5. The summed E-state index contributed by atoms with van der Waals surface area (Å²) in [6.45, 7) is 11.3. The monoisotopic (exact) mass is 513 g/mol. The number of ketones is 1.